The van der Waals surface area contributed by atoms with Crippen LogP contribution in [0.2, 0.25) is 5.02 Å². The van der Waals surface area contributed by atoms with E-state index in [4.69, 9.17) is 16.3 Å². The highest BCUT2D eigenvalue weighted by Gasteiger charge is 2.18. The van der Waals surface area contributed by atoms with E-state index in [1.165, 1.54) is 0 Å². The molecule has 2 rings (SSSR count). The molecule has 0 saturated carbocycles. The summed E-state index contributed by atoms with van der Waals surface area (Å²) in [5.41, 5.74) is 0.594. The number of aromatic nitrogens is 1. The number of hydrogen-bond donors (Lipinski definition) is 2. The van der Waals surface area contributed by atoms with E-state index in [0.29, 0.717) is 23.9 Å². The van der Waals surface area contributed by atoms with Gasteiger partial charge in [-0.05, 0) is 19.9 Å². The molecule has 1 saturated heterocycles. The minimum Gasteiger partial charge on any atom is -0.378 e. The van der Waals surface area contributed by atoms with E-state index < -0.39 is 0 Å². The molecule has 5 nitrogen and oxygen atoms in total. The Bertz CT molecular complexity index is 439. The lowest BCUT2D eigenvalue weighted by Crippen LogP contribution is -2.48. The molecule has 6 heteroatoms. The lowest BCUT2D eigenvalue weighted by molar-refractivity contribution is 0.0732. The number of carbonyl (C=O) groups is 1. The van der Waals surface area contributed by atoms with Gasteiger partial charge < -0.3 is 19.9 Å². The topological polar surface area (TPSA) is 55.3 Å². The maximum Gasteiger partial charge on any atom is 0.268 e. The minimum atomic E-state index is -0.104. The molecular weight excluding hydrogens is 266 g/mol. The average Bonchev–Trinajstić information content (AvgIpc) is 2.79. The van der Waals surface area contributed by atoms with E-state index in [9.17, 15) is 4.79 Å². The third-order valence-corrected chi connectivity index (χ3v) is 3.32. The van der Waals surface area contributed by atoms with Gasteiger partial charge in [-0.1, -0.05) is 11.6 Å². The van der Waals surface area contributed by atoms with Gasteiger partial charge >= 0.3 is 0 Å². The number of hydrogen-bond acceptors (Lipinski definition) is 3. The number of morpholine rings is 1. The number of ether oxygens (including phenoxy) is 1. The molecule has 1 fully saturated rings. The van der Waals surface area contributed by atoms with E-state index >= 15 is 0 Å². The smallest absolute Gasteiger partial charge is 0.268 e. The zero-order chi connectivity index (χ0) is 13.8. The molecule has 1 amide bonds. The Morgan fingerprint density at radius 2 is 2.47 bits per heavy atom. The summed E-state index contributed by atoms with van der Waals surface area (Å²) in [5, 5.41) is 6.79. The molecular formula is C13H20ClN3O2. The molecule has 0 aromatic carbocycles. The molecule has 1 atom stereocenters. The normalized spacial score (nSPS) is 19.7. The first-order valence-corrected chi connectivity index (χ1v) is 6.92. The summed E-state index contributed by atoms with van der Waals surface area (Å²) in [4.78, 5) is 12.2. The van der Waals surface area contributed by atoms with E-state index in [1.54, 1.807) is 12.3 Å². The third kappa shape index (κ3) is 3.72. The predicted molar refractivity (Wildman–Crippen MR) is 74.8 cm³/mol. The predicted octanol–water partition coefficient (Wildman–Crippen LogP) is 1.44. The zero-order valence-electron chi connectivity index (χ0n) is 11.3. The Kier molecular flexibility index (Phi) is 4.85. The van der Waals surface area contributed by atoms with Crippen molar-refractivity contribution < 1.29 is 9.53 Å². The first kappa shape index (κ1) is 14.4. The summed E-state index contributed by atoms with van der Waals surface area (Å²) < 4.78 is 7.22. The summed E-state index contributed by atoms with van der Waals surface area (Å²) in [5.74, 6) is -0.104. The molecule has 1 aliphatic heterocycles. The molecule has 0 bridgehead atoms. The van der Waals surface area contributed by atoms with Crippen molar-refractivity contribution in [1.29, 1.82) is 0 Å². The quantitative estimate of drug-likeness (QED) is 0.880. The average molecular weight is 286 g/mol. The standard InChI is InChI=1S/C13H20ClN3O2/c1-9(2)17-7-10(14)5-12(17)13(18)16-6-11-8-19-4-3-15-11/h5,7,9,11,15H,3-4,6,8H2,1-2H3,(H,16,18). The van der Waals surface area contributed by atoms with Crippen LogP contribution >= 0.6 is 11.6 Å². The van der Waals surface area contributed by atoms with Gasteiger partial charge in [0.25, 0.3) is 5.91 Å². The highest BCUT2D eigenvalue weighted by atomic mass is 35.5. The zero-order valence-corrected chi connectivity index (χ0v) is 12.0. The van der Waals surface area contributed by atoms with Crippen molar-refractivity contribution >= 4 is 17.5 Å². The SMILES string of the molecule is CC(C)n1cc(Cl)cc1C(=O)NCC1COCCN1. The Morgan fingerprint density at radius 1 is 1.68 bits per heavy atom. The van der Waals surface area contributed by atoms with Crippen molar-refractivity contribution in [3.05, 3.63) is 23.0 Å². The highest BCUT2D eigenvalue weighted by Crippen LogP contribution is 2.18. The van der Waals surface area contributed by atoms with Crippen LogP contribution in [0.15, 0.2) is 12.3 Å². The molecule has 0 aliphatic carbocycles. The maximum atomic E-state index is 12.2. The van der Waals surface area contributed by atoms with Crippen LogP contribution in [0.25, 0.3) is 0 Å². The van der Waals surface area contributed by atoms with Gasteiger partial charge in [0.05, 0.1) is 18.2 Å². The van der Waals surface area contributed by atoms with Crippen LogP contribution < -0.4 is 10.6 Å². The second-order valence-corrected chi connectivity index (χ2v) is 5.42. The molecule has 19 heavy (non-hydrogen) atoms. The Labute approximate surface area is 118 Å². The number of nitrogens with one attached hydrogen (secondary N) is 2. The molecule has 0 spiro atoms. The fourth-order valence-corrected chi connectivity index (χ4v) is 2.32. The summed E-state index contributed by atoms with van der Waals surface area (Å²) in [6, 6.07) is 2.07. The Hall–Kier alpha value is -1.04. The largest absolute Gasteiger partial charge is 0.378 e. The number of amides is 1. The van der Waals surface area contributed by atoms with Crippen LogP contribution in [0, 0.1) is 0 Å². The highest BCUT2D eigenvalue weighted by molar-refractivity contribution is 6.31. The molecule has 2 N–H and O–H groups in total. The molecule has 106 valence electrons. The van der Waals surface area contributed by atoms with Crippen molar-refractivity contribution in [3.63, 3.8) is 0 Å². The van der Waals surface area contributed by atoms with Crippen LogP contribution in [0.3, 0.4) is 0 Å². The minimum absolute atomic E-state index is 0.104. The summed E-state index contributed by atoms with van der Waals surface area (Å²) >= 11 is 5.97. The van der Waals surface area contributed by atoms with E-state index in [2.05, 4.69) is 10.6 Å². The Balaban J connectivity index is 1.95. The van der Waals surface area contributed by atoms with Gasteiger partial charge in [-0.3, -0.25) is 4.79 Å². The van der Waals surface area contributed by atoms with Gasteiger partial charge in [0, 0.05) is 31.4 Å². The first-order chi connectivity index (χ1) is 9.08. The first-order valence-electron chi connectivity index (χ1n) is 6.54. The fourth-order valence-electron chi connectivity index (χ4n) is 2.11. The van der Waals surface area contributed by atoms with Gasteiger partial charge in [0.15, 0.2) is 0 Å². The molecule has 0 radical (unpaired) electrons. The monoisotopic (exact) mass is 285 g/mol. The van der Waals surface area contributed by atoms with Crippen LogP contribution in [0.4, 0.5) is 0 Å². The van der Waals surface area contributed by atoms with Gasteiger partial charge in [0.1, 0.15) is 5.69 Å². The maximum absolute atomic E-state index is 12.2. The molecule has 1 aromatic heterocycles. The number of halogens is 1. The number of nitrogens with zero attached hydrogens (tertiary/aromatic N) is 1. The van der Waals surface area contributed by atoms with Crippen LogP contribution in [0.1, 0.15) is 30.4 Å². The molecule has 1 aromatic rings. The van der Waals surface area contributed by atoms with Gasteiger partial charge in [0.2, 0.25) is 0 Å². The molecule has 1 unspecified atom stereocenters. The fraction of sp³-hybridized carbons (Fsp3) is 0.615. The summed E-state index contributed by atoms with van der Waals surface area (Å²) in [7, 11) is 0. The van der Waals surface area contributed by atoms with Crippen molar-refractivity contribution in [2.45, 2.75) is 25.9 Å². The Morgan fingerprint density at radius 3 is 3.11 bits per heavy atom. The van der Waals surface area contributed by atoms with E-state index in [-0.39, 0.29) is 18.0 Å². The summed E-state index contributed by atoms with van der Waals surface area (Å²) in [6.07, 6.45) is 1.78. The van der Waals surface area contributed by atoms with Gasteiger partial charge in [-0.2, -0.15) is 0 Å². The third-order valence-electron chi connectivity index (χ3n) is 3.11. The van der Waals surface area contributed by atoms with Crippen LogP contribution in [-0.2, 0) is 4.74 Å². The van der Waals surface area contributed by atoms with Crippen molar-refractivity contribution in [1.82, 2.24) is 15.2 Å². The van der Waals surface area contributed by atoms with Crippen LogP contribution in [0.5, 0.6) is 0 Å². The second kappa shape index (κ2) is 6.41. The van der Waals surface area contributed by atoms with Crippen molar-refractivity contribution in [3.8, 4) is 0 Å². The molecule has 2 heterocycles. The molecule has 1 aliphatic rings. The lowest BCUT2D eigenvalue weighted by Gasteiger charge is -2.24. The van der Waals surface area contributed by atoms with Gasteiger partial charge in [-0.15, -0.1) is 0 Å². The van der Waals surface area contributed by atoms with E-state index in [1.807, 2.05) is 18.4 Å². The number of carbonyl (C=O) groups excluding carboxylic acids is 1. The van der Waals surface area contributed by atoms with Crippen LogP contribution in [-0.4, -0.2) is 42.8 Å². The summed E-state index contributed by atoms with van der Waals surface area (Å²) in [6.45, 7) is 6.78. The van der Waals surface area contributed by atoms with Crippen molar-refractivity contribution in [2.24, 2.45) is 0 Å². The van der Waals surface area contributed by atoms with E-state index in [0.717, 1.165) is 13.2 Å². The number of rotatable bonds is 4. The lowest BCUT2D eigenvalue weighted by atomic mass is 10.2. The second-order valence-electron chi connectivity index (χ2n) is 4.98. The van der Waals surface area contributed by atoms with Gasteiger partial charge in [-0.25, -0.2) is 0 Å². The van der Waals surface area contributed by atoms with Crippen molar-refractivity contribution in [2.75, 3.05) is 26.3 Å².